The standard InChI is InChI=1S/C18H26N2O2/c1-18(2,3)22-17(21)20-16-12-4-5-13(16)9-14-10-15(19)7-6-11(14)8-12/h6-7,10,12-13,16H,4-5,8-9,19H2,1-3H3,(H,20,21)/t12-,13+,16+/m1/s1. The third-order valence-electron chi connectivity index (χ3n) is 4.80. The van der Waals surface area contributed by atoms with Gasteiger partial charge in [0.15, 0.2) is 0 Å². The molecule has 2 bridgehead atoms. The van der Waals surface area contributed by atoms with Gasteiger partial charge in [0.2, 0.25) is 0 Å². The molecule has 3 rings (SSSR count). The molecule has 0 spiro atoms. The zero-order valence-corrected chi connectivity index (χ0v) is 13.7. The van der Waals surface area contributed by atoms with Crippen LogP contribution in [0.15, 0.2) is 18.2 Å². The molecule has 4 heteroatoms. The van der Waals surface area contributed by atoms with Gasteiger partial charge in [0.05, 0.1) is 0 Å². The summed E-state index contributed by atoms with van der Waals surface area (Å²) in [5.41, 5.74) is 9.04. The number of hydrogen-bond acceptors (Lipinski definition) is 3. The number of nitrogens with one attached hydrogen (secondary N) is 1. The molecule has 4 nitrogen and oxygen atoms in total. The predicted molar refractivity (Wildman–Crippen MR) is 87.6 cm³/mol. The van der Waals surface area contributed by atoms with E-state index in [4.69, 9.17) is 10.5 Å². The van der Waals surface area contributed by atoms with Gasteiger partial charge in [-0.25, -0.2) is 4.79 Å². The molecule has 1 fully saturated rings. The van der Waals surface area contributed by atoms with Crippen molar-refractivity contribution in [3.63, 3.8) is 0 Å². The topological polar surface area (TPSA) is 64.3 Å². The Bertz CT molecular complexity index is 577. The van der Waals surface area contributed by atoms with Gasteiger partial charge in [-0.15, -0.1) is 0 Å². The Kier molecular flexibility index (Phi) is 3.79. The van der Waals surface area contributed by atoms with Crippen molar-refractivity contribution >= 4 is 11.8 Å². The van der Waals surface area contributed by atoms with E-state index in [0.29, 0.717) is 11.8 Å². The molecule has 2 aliphatic carbocycles. The molecule has 0 aromatic heterocycles. The van der Waals surface area contributed by atoms with Crippen molar-refractivity contribution in [2.24, 2.45) is 11.8 Å². The van der Waals surface area contributed by atoms with Gasteiger partial charge in [-0.2, -0.15) is 0 Å². The summed E-state index contributed by atoms with van der Waals surface area (Å²) in [7, 11) is 0. The Hall–Kier alpha value is -1.71. The lowest BCUT2D eigenvalue weighted by atomic mass is 9.93. The van der Waals surface area contributed by atoms with Crippen molar-refractivity contribution in [1.82, 2.24) is 5.32 Å². The van der Waals surface area contributed by atoms with Crippen LogP contribution in [0.2, 0.25) is 0 Å². The van der Waals surface area contributed by atoms with Crippen LogP contribution in [0, 0.1) is 11.8 Å². The Balaban J connectivity index is 1.75. The number of hydrogen-bond donors (Lipinski definition) is 2. The van der Waals surface area contributed by atoms with E-state index in [1.54, 1.807) is 0 Å². The number of nitrogen functional groups attached to an aromatic ring is 1. The van der Waals surface area contributed by atoms with Crippen molar-refractivity contribution in [3.05, 3.63) is 29.3 Å². The largest absolute Gasteiger partial charge is 0.444 e. The summed E-state index contributed by atoms with van der Waals surface area (Å²) in [5, 5.41) is 3.13. The zero-order chi connectivity index (χ0) is 15.9. The lowest BCUT2D eigenvalue weighted by Gasteiger charge is -2.26. The van der Waals surface area contributed by atoms with Crippen LogP contribution in [-0.2, 0) is 17.6 Å². The summed E-state index contributed by atoms with van der Waals surface area (Å²) in [6.45, 7) is 5.69. The van der Waals surface area contributed by atoms with E-state index in [2.05, 4.69) is 17.4 Å². The van der Waals surface area contributed by atoms with Crippen LogP contribution < -0.4 is 11.1 Å². The minimum Gasteiger partial charge on any atom is -0.444 e. The highest BCUT2D eigenvalue weighted by molar-refractivity contribution is 5.68. The number of ether oxygens (including phenoxy) is 1. The molecule has 22 heavy (non-hydrogen) atoms. The maximum atomic E-state index is 12.1. The Labute approximate surface area is 132 Å². The van der Waals surface area contributed by atoms with E-state index in [-0.39, 0.29) is 12.1 Å². The number of carbonyl (C=O) groups is 1. The molecule has 1 amide bonds. The summed E-state index contributed by atoms with van der Waals surface area (Å²) in [6.07, 6.45) is 4.07. The maximum Gasteiger partial charge on any atom is 0.407 e. The quantitative estimate of drug-likeness (QED) is 0.782. The SMILES string of the molecule is CC(C)(C)OC(=O)N[C@H]1[C@@H]2CC[C@H]1Cc1cc(N)ccc1C2. The van der Waals surface area contributed by atoms with Crippen LogP contribution >= 0.6 is 0 Å². The predicted octanol–water partition coefficient (Wildman–Crippen LogP) is 3.29. The average Bonchev–Trinajstić information content (AvgIpc) is 2.64. The number of rotatable bonds is 1. The van der Waals surface area contributed by atoms with Crippen molar-refractivity contribution in [2.75, 3.05) is 5.73 Å². The molecular weight excluding hydrogens is 276 g/mol. The van der Waals surface area contributed by atoms with Crippen molar-refractivity contribution < 1.29 is 9.53 Å². The average molecular weight is 302 g/mol. The Morgan fingerprint density at radius 1 is 1.18 bits per heavy atom. The number of carbonyl (C=O) groups excluding carboxylic acids is 1. The van der Waals surface area contributed by atoms with Crippen LogP contribution in [-0.4, -0.2) is 17.7 Å². The highest BCUT2D eigenvalue weighted by Crippen LogP contribution is 2.40. The summed E-state index contributed by atoms with van der Waals surface area (Å²) in [4.78, 5) is 12.1. The summed E-state index contributed by atoms with van der Waals surface area (Å²) >= 11 is 0. The van der Waals surface area contributed by atoms with E-state index in [1.165, 1.54) is 24.0 Å². The first kappa shape index (κ1) is 15.2. The first-order chi connectivity index (χ1) is 10.3. The van der Waals surface area contributed by atoms with Gasteiger partial charge in [0.25, 0.3) is 0 Å². The van der Waals surface area contributed by atoms with Crippen molar-refractivity contribution in [2.45, 2.75) is 58.1 Å². The van der Waals surface area contributed by atoms with Crippen LogP contribution in [0.4, 0.5) is 10.5 Å². The Morgan fingerprint density at radius 2 is 1.82 bits per heavy atom. The molecule has 0 radical (unpaired) electrons. The van der Waals surface area contributed by atoms with E-state index in [9.17, 15) is 4.79 Å². The highest BCUT2D eigenvalue weighted by atomic mass is 16.6. The smallest absolute Gasteiger partial charge is 0.407 e. The summed E-state index contributed by atoms with van der Waals surface area (Å²) in [5.74, 6) is 0.989. The molecule has 0 heterocycles. The molecule has 2 aliphatic rings. The molecule has 0 saturated heterocycles. The molecular formula is C18H26N2O2. The third kappa shape index (κ3) is 3.21. The normalized spacial score (nSPS) is 27.0. The molecule has 0 unspecified atom stereocenters. The van der Waals surface area contributed by atoms with Gasteiger partial charge < -0.3 is 15.8 Å². The molecule has 1 saturated carbocycles. The Morgan fingerprint density at radius 3 is 2.45 bits per heavy atom. The van der Waals surface area contributed by atoms with E-state index < -0.39 is 5.60 Å². The fraction of sp³-hybridized carbons (Fsp3) is 0.611. The minimum absolute atomic E-state index is 0.212. The molecule has 120 valence electrons. The third-order valence-corrected chi connectivity index (χ3v) is 4.80. The molecule has 1 aromatic carbocycles. The number of benzene rings is 1. The van der Waals surface area contributed by atoms with E-state index in [0.717, 1.165) is 18.5 Å². The number of fused-ring (bicyclic) bond motifs is 3. The second kappa shape index (κ2) is 5.49. The van der Waals surface area contributed by atoms with Gasteiger partial charge in [0, 0.05) is 11.7 Å². The van der Waals surface area contributed by atoms with Crippen molar-refractivity contribution in [1.29, 1.82) is 0 Å². The van der Waals surface area contributed by atoms with Gasteiger partial charge in [-0.3, -0.25) is 0 Å². The number of alkyl carbamates (subject to hydrolysis) is 1. The zero-order valence-electron chi connectivity index (χ0n) is 13.7. The van der Waals surface area contributed by atoms with E-state index >= 15 is 0 Å². The summed E-state index contributed by atoms with van der Waals surface area (Å²) < 4.78 is 5.43. The van der Waals surface area contributed by atoms with Crippen LogP contribution in [0.1, 0.15) is 44.7 Å². The van der Waals surface area contributed by atoms with Gasteiger partial charge in [-0.1, -0.05) is 6.07 Å². The fourth-order valence-corrected chi connectivity index (χ4v) is 3.91. The highest BCUT2D eigenvalue weighted by Gasteiger charge is 2.40. The second-order valence-corrected chi connectivity index (χ2v) is 7.71. The van der Waals surface area contributed by atoms with Gasteiger partial charge >= 0.3 is 6.09 Å². The lowest BCUT2D eigenvalue weighted by Crippen LogP contribution is -2.44. The molecule has 0 aliphatic heterocycles. The van der Waals surface area contributed by atoms with E-state index in [1.807, 2.05) is 26.8 Å². The number of nitrogens with two attached hydrogens (primary N) is 1. The van der Waals surface area contributed by atoms with Gasteiger partial charge in [0.1, 0.15) is 5.60 Å². The van der Waals surface area contributed by atoms with Crippen LogP contribution in [0.5, 0.6) is 0 Å². The first-order valence-electron chi connectivity index (χ1n) is 8.18. The minimum atomic E-state index is -0.453. The first-order valence-corrected chi connectivity index (χ1v) is 8.18. The fourth-order valence-electron chi connectivity index (χ4n) is 3.91. The molecule has 3 atom stereocenters. The second-order valence-electron chi connectivity index (χ2n) is 7.71. The number of anilines is 1. The van der Waals surface area contributed by atoms with Gasteiger partial charge in [-0.05, 0) is 81.5 Å². The maximum absolute atomic E-state index is 12.1. The number of amides is 1. The van der Waals surface area contributed by atoms with Crippen molar-refractivity contribution in [3.8, 4) is 0 Å². The molecule has 1 aromatic rings. The molecule has 3 N–H and O–H groups in total. The lowest BCUT2D eigenvalue weighted by molar-refractivity contribution is 0.0479. The van der Waals surface area contributed by atoms with Crippen LogP contribution in [0.25, 0.3) is 0 Å². The van der Waals surface area contributed by atoms with Crippen LogP contribution in [0.3, 0.4) is 0 Å². The monoisotopic (exact) mass is 302 g/mol. The summed E-state index contributed by atoms with van der Waals surface area (Å²) in [6, 6.07) is 6.44.